The fourth-order valence-corrected chi connectivity index (χ4v) is 2.54. The minimum absolute atomic E-state index is 0.655. The number of halogens is 2. The molecule has 0 aromatic carbocycles. The zero-order valence-corrected chi connectivity index (χ0v) is 13.0. The highest BCUT2D eigenvalue weighted by Crippen LogP contribution is 2.19. The van der Waals surface area contributed by atoms with Crippen LogP contribution in [0.25, 0.3) is 0 Å². The summed E-state index contributed by atoms with van der Waals surface area (Å²) in [5.41, 5.74) is 0.972. The van der Waals surface area contributed by atoms with Crippen LogP contribution >= 0.6 is 31.9 Å². The molecule has 2 rings (SSSR count). The Morgan fingerprint density at radius 1 is 1.39 bits per heavy atom. The molecule has 96 valence electrons. The van der Waals surface area contributed by atoms with Crippen LogP contribution in [0.2, 0.25) is 0 Å². The van der Waals surface area contributed by atoms with Crippen molar-refractivity contribution in [3.63, 3.8) is 0 Å². The topological polar surface area (TPSA) is 63.8 Å². The zero-order valence-electron chi connectivity index (χ0n) is 9.78. The maximum Gasteiger partial charge on any atom is 0.227 e. The van der Waals surface area contributed by atoms with Gasteiger partial charge in [0.1, 0.15) is 0 Å². The summed E-state index contributed by atoms with van der Waals surface area (Å²) < 4.78 is 6.97. The Morgan fingerprint density at radius 2 is 2.22 bits per heavy atom. The molecule has 18 heavy (non-hydrogen) atoms. The molecular formula is C11H12Br2N4O. The van der Waals surface area contributed by atoms with Gasteiger partial charge in [-0.1, -0.05) is 5.16 Å². The minimum Gasteiger partial charge on any atom is -0.339 e. The van der Waals surface area contributed by atoms with Crippen molar-refractivity contribution < 1.29 is 4.52 Å². The molecule has 0 amide bonds. The summed E-state index contributed by atoms with van der Waals surface area (Å²) in [7, 11) is 0. The molecule has 0 aliphatic rings. The number of hydrogen-bond donors (Lipinski definition) is 1. The van der Waals surface area contributed by atoms with Crippen LogP contribution in [0.4, 0.5) is 0 Å². The second kappa shape index (κ2) is 6.40. The van der Waals surface area contributed by atoms with Crippen LogP contribution in [-0.4, -0.2) is 21.7 Å². The van der Waals surface area contributed by atoms with Gasteiger partial charge in [0.25, 0.3) is 0 Å². The fraction of sp³-hybridized carbons (Fsp3) is 0.364. The van der Waals surface area contributed by atoms with Gasteiger partial charge in [0, 0.05) is 34.7 Å². The zero-order chi connectivity index (χ0) is 13.0. The van der Waals surface area contributed by atoms with Crippen LogP contribution in [0.1, 0.15) is 17.4 Å². The first-order chi connectivity index (χ1) is 8.65. The average molecular weight is 376 g/mol. The molecule has 0 spiro atoms. The van der Waals surface area contributed by atoms with Gasteiger partial charge >= 0.3 is 0 Å². The maximum atomic E-state index is 5.02. The molecule has 0 bridgehead atoms. The molecule has 0 unspecified atom stereocenters. The molecule has 2 heterocycles. The van der Waals surface area contributed by atoms with Gasteiger partial charge in [0.05, 0.1) is 5.69 Å². The molecule has 0 saturated carbocycles. The number of pyridine rings is 1. The second-order valence-electron chi connectivity index (χ2n) is 3.74. The predicted octanol–water partition coefficient (Wildman–Crippen LogP) is 2.63. The summed E-state index contributed by atoms with van der Waals surface area (Å²) in [6.07, 6.45) is 2.50. The normalized spacial score (nSPS) is 10.8. The molecule has 0 fully saturated rings. The molecule has 7 heteroatoms. The van der Waals surface area contributed by atoms with Crippen molar-refractivity contribution in [3.8, 4) is 0 Å². The average Bonchev–Trinajstić information content (AvgIpc) is 2.73. The van der Waals surface area contributed by atoms with Crippen molar-refractivity contribution in [2.45, 2.75) is 19.9 Å². The summed E-state index contributed by atoms with van der Waals surface area (Å²) in [5, 5.41) is 7.02. The van der Waals surface area contributed by atoms with Crippen molar-refractivity contribution in [3.05, 3.63) is 38.6 Å². The fourth-order valence-electron chi connectivity index (χ4n) is 1.42. The molecule has 0 saturated heterocycles. The number of aryl methyl sites for hydroxylation is 1. The third kappa shape index (κ3) is 3.86. The number of nitrogens with zero attached hydrogens (tertiary/aromatic N) is 3. The first kappa shape index (κ1) is 13.6. The van der Waals surface area contributed by atoms with E-state index in [0.29, 0.717) is 18.3 Å². The number of hydrogen-bond acceptors (Lipinski definition) is 5. The lowest BCUT2D eigenvalue weighted by molar-refractivity contribution is 0.372. The largest absolute Gasteiger partial charge is 0.339 e. The molecule has 2 aromatic rings. The van der Waals surface area contributed by atoms with Gasteiger partial charge < -0.3 is 9.84 Å². The Balaban J connectivity index is 1.78. The predicted molar refractivity (Wildman–Crippen MR) is 74.1 cm³/mol. The van der Waals surface area contributed by atoms with Crippen LogP contribution < -0.4 is 5.32 Å². The SMILES string of the molecule is Cc1noc(CCNCc2ncc(Br)cc2Br)n1. The standard InChI is InChI=1S/C11H12Br2N4O/c1-7-16-11(18-17-7)2-3-14-6-10-9(13)4-8(12)5-15-10/h4-5,14H,2-3,6H2,1H3. The summed E-state index contributed by atoms with van der Waals surface area (Å²) in [6.45, 7) is 3.27. The van der Waals surface area contributed by atoms with E-state index in [1.54, 1.807) is 6.20 Å². The van der Waals surface area contributed by atoms with Crippen molar-refractivity contribution in [1.29, 1.82) is 0 Å². The van der Waals surface area contributed by atoms with E-state index in [-0.39, 0.29) is 0 Å². The van der Waals surface area contributed by atoms with Crippen molar-refractivity contribution in [2.75, 3.05) is 6.54 Å². The first-order valence-corrected chi connectivity index (χ1v) is 7.03. The van der Waals surface area contributed by atoms with E-state index in [9.17, 15) is 0 Å². The van der Waals surface area contributed by atoms with E-state index in [4.69, 9.17) is 4.52 Å². The minimum atomic E-state index is 0.655. The van der Waals surface area contributed by atoms with Crippen molar-refractivity contribution >= 4 is 31.9 Å². The number of aromatic nitrogens is 3. The summed E-state index contributed by atoms with van der Waals surface area (Å²) >= 11 is 6.84. The Hall–Kier alpha value is -0.790. The van der Waals surface area contributed by atoms with Crippen molar-refractivity contribution in [2.24, 2.45) is 0 Å². The Bertz CT molecular complexity index is 530. The second-order valence-corrected chi connectivity index (χ2v) is 5.51. The summed E-state index contributed by atoms with van der Waals surface area (Å²) in [4.78, 5) is 8.45. The van der Waals surface area contributed by atoms with Crippen LogP contribution in [0.3, 0.4) is 0 Å². The molecule has 0 aliphatic carbocycles. The smallest absolute Gasteiger partial charge is 0.227 e. The van der Waals surface area contributed by atoms with E-state index in [1.165, 1.54) is 0 Å². The van der Waals surface area contributed by atoms with Gasteiger partial charge in [-0.25, -0.2) is 0 Å². The van der Waals surface area contributed by atoms with E-state index in [2.05, 4.69) is 52.3 Å². The lowest BCUT2D eigenvalue weighted by Gasteiger charge is -2.05. The van der Waals surface area contributed by atoms with Gasteiger partial charge in [-0.15, -0.1) is 0 Å². The van der Waals surface area contributed by atoms with Crippen LogP contribution in [0.15, 0.2) is 25.7 Å². The van der Waals surface area contributed by atoms with Crippen LogP contribution in [-0.2, 0) is 13.0 Å². The first-order valence-electron chi connectivity index (χ1n) is 5.45. The van der Waals surface area contributed by atoms with Gasteiger partial charge in [-0.2, -0.15) is 4.98 Å². The van der Waals surface area contributed by atoms with E-state index >= 15 is 0 Å². The monoisotopic (exact) mass is 374 g/mol. The number of rotatable bonds is 5. The van der Waals surface area contributed by atoms with Crippen LogP contribution in [0.5, 0.6) is 0 Å². The van der Waals surface area contributed by atoms with Crippen molar-refractivity contribution in [1.82, 2.24) is 20.4 Å². The Labute approximate surface area is 122 Å². The van der Waals surface area contributed by atoms with E-state index in [1.807, 2.05) is 13.0 Å². The highest BCUT2D eigenvalue weighted by Gasteiger charge is 2.04. The van der Waals surface area contributed by atoms with Gasteiger partial charge in [-0.05, 0) is 44.8 Å². The lowest BCUT2D eigenvalue weighted by Crippen LogP contribution is -2.17. The van der Waals surface area contributed by atoms with Crippen LogP contribution in [0, 0.1) is 6.92 Å². The lowest BCUT2D eigenvalue weighted by atomic mass is 10.3. The van der Waals surface area contributed by atoms with E-state index < -0.39 is 0 Å². The molecule has 5 nitrogen and oxygen atoms in total. The summed E-state index contributed by atoms with van der Waals surface area (Å²) in [5.74, 6) is 1.32. The maximum absolute atomic E-state index is 5.02. The quantitative estimate of drug-likeness (QED) is 0.814. The molecule has 0 radical (unpaired) electrons. The Kier molecular flexibility index (Phi) is 4.85. The molecule has 1 N–H and O–H groups in total. The highest BCUT2D eigenvalue weighted by atomic mass is 79.9. The highest BCUT2D eigenvalue weighted by molar-refractivity contribution is 9.11. The van der Waals surface area contributed by atoms with E-state index in [0.717, 1.165) is 27.6 Å². The molecule has 0 aliphatic heterocycles. The van der Waals surface area contributed by atoms with Gasteiger partial charge in [0.2, 0.25) is 5.89 Å². The summed E-state index contributed by atoms with van der Waals surface area (Å²) in [6, 6.07) is 1.98. The molecule has 2 aromatic heterocycles. The van der Waals surface area contributed by atoms with Gasteiger partial charge in [-0.3, -0.25) is 4.98 Å². The Morgan fingerprint density at radius 3 is 2.89 bits per heavy atom. The molecule has 0 atom stereocenters. The third-order valence-corrected chi connectivity index (χ3v) is 3.38. The third-order valence-electron chi connectivity index (χ3n) is 2.26. The molecular weight excluding hydrogens is 364 g/mol. The van der Waals surface area contributed by atoms with Gasteiger partial charge in [0.15, 0.2) is 5.82 Å². The number of nitrogens with one attached hydrogen (secondary N) is 1.